The zero-order chi connectivity index (χ0) is 17.9. The number of nitrogens with one attached hydrogen (secondary N) is 3. The molecule has 0 aliphatic carbocycles. The lowest BCUT2D eigenvalue weighted by Gasteiger charge is -2.22. The first-order chi connectivity index (χ1) is 11.9. The van der Waals surface area contributed by atoms with Gasteiger partial charge in [-0.25, -0.2) is 4.98 Å². The largest absolute Gasteiger partial charge is 0.347 e. The summed E-state index contributed by atoms with van der Waals surface area (Å²) in [7, 11) is 0. The summed E-state index contributed by atoms with van der Waals surface area (Å²) in [4.78, 5) is 19.9. The minimum absolute atomic E-state index is 0.146. The maximum absolute atomic E-state index is 12.2. The first-order valence-electron chi connectivity index (χ1n) is 9.22. The third-order valence-electron chi connectivity index (χ3n) is 4.56. The van der Waals surface area contributed by atoms with Gasteiger partial charge in [-0.15, -0.1) is 11.3 Å². The van der Waals surface area contributed by atoms with E-state index in [4.69, 9.17) is 4.98 Å². The molecule has 2 atom stereocenters. The lowest BCUT2D eigenvalue weighted by atomic mass is 10.1. The Hall–Kier alpha value is -1.50. The van der Waals surface area contributed by atoms with Crippen LogP contribution in [0.1, 0.15) is 32.2 Å². The maximum atomic E-state index is 12.2. The molecule has 3 rings (SSSR count). The van der Waals surface area contributed by atoms with Crippen molar-refractivity contribution in [1.82, 2.24) is 10.3 Å². The van der Waals surface area contributed by atoms with Crippen molar-refractivity contribution in [2.24, 2.45) is 0 Å². The van der Waals surface area contributed by atoms with Crippen molar-refractivity contribution in [3.05, 3.63) is 29.3 Å². The number of quaternary nitrogens is 2. The molecule has 1 aliphatic rings. The molecule has 2 unspecified atom stereocenters. The van der Waals surface area contributed by atoms with Crippen LogP contribution in [0.3, 0.4) is 0 Å². The van der Waals surface area contributed by atoms with Crippen LogP contribution in [0.5, 0.6) is 0 Å². The second kappa shape index (κ2) is 7.81. The number of carbonyl (C=O) groups excluding carboxylic acids is 1. The molecule has 1 aromatic carbocycles. The van der Waals surface area contributed by atoms with Gasteiger partial charge in [-0.3, -0.25) is 4.79 Å². The molecule has 3 N–H and O–H groups in total. The molecule has 1 fully saturated rings. The molecule has 1 amide bonds. The molecule has 2 aromatic rings. The maximum Gasteiger partial charge on any atom is 0.275 e. The summed E-state index contributed by atoms with van der Waals surface area (Å²) in [6.45, 7) is 12.1. The number of carbonyl (C=O) groups is 1. The first kappa shape index (κ1) is 18.3. The Morgan fingerprint density at radius 3 is 2.64 bits per heavy atom. The first-order valence-corrected chi connectivity index (χ1v) is 10.0. The van der Waals surface area contributed by atoms with Gasteiger partial charge in [0, 0.05) is 12.0 Å². The third-order valence-corrected chi connectivity index (χ3v) is 5.59. The monoisotopic (exact) mass is 362 g/mol. The van der Waals surface area contributed by atoms with Crippen LogP contribution in [-0.2, 0) is 11.3 Å². The number of hydrogen-bond acceptors (Lipinski definition) is 3. The van der Waals surface area contributed by atoms with Gasteiger partial charge in [-0.05, 0) is 32.9 Å². The van der Waals surface area contributed by atoms with Gasteiger partial charge in [0.05, 0.1) is 23.3 Å². The summed E-state index contributed by atoms with van der Waals surface area (Å²) in [6, 6.07) is 8.36. The van der Waals surface area contributed by atoms with Crippen molar-refractivity contribution in [1.29, 1.82) is 0 Å². The lowest BCUT2D eigenvalue weighted by molar-refractivity contribution is -0.942. The van der Waals surface area contributed by atoms with Gasteiger partial charge >= 0.3 is 0 Å². The van der Waals surface area contributed by atoms with Crippen LogP contribution in [0.15, 0.2) is 24.3 Å². The van der Waals surface area contributed by atoms with Crippen LogP contribution in [0, 0.1) is 0 Å². The molecule has 136 valence electrons. The average Bonchev–Trinajstić information content (AvgIpc) is 2.79. The predicted octanol–water partition coefficient (Wildman–Crippen LogP) is -0.115. The molecule has 25 heavy (non-hydrogen) atoms. The molecule has 0 bridgehead atoms. The van der Waals surface area contributed by atoms with Gasteiger partial charge in [0.15, 0.2) is 6.54 Å². The number of para-hydroxylation sites is 1. The van der Waals surface area contributed by atoms with E-state index in [0.29, 0.717) is 6.54 Å². The Morgan fingerprint density at radius 2 is 1.88 bits per heavy atom. The second-order valence-corrected chi connectivity index (χ2v) is 9.20. The van der Waals surface area contributed by atoms with E-state index in [1.165, 1.54) is 27.6 Å². The molecule has 0 radical (unpaired) electrons. The zero-order valence-corrected chi connectivity index (χ0v) is 16.3. The van der Waals surface area contributed by atoms with Crippen molar-refractivity contribution in [3.63, 3.8) is 0 Å². The number of thiazole rings is 1. The van der Waals surface area contributed by atoms with Gasteiger partial charge in [-0.2, -0.15) is 0 Å². The highest BCUT2D eigenvalue weighted by atomic mass is 32.1. The number of aromatic nitrogens is 1. The predicted molar refractivity (Wildman–Crippen MR) is 102 cm³/mol. The second-order valence-electron chi connectivity index (χ2n) is 8.08. The topological polar surface area (TPSA) is 50.9 Å². The van der Waals surface area contributed by atoms with Crippen LogP contribution in [0.25, 0.3) is 10.2 Å². The van der Waals surface area contributed by atoms with E-state index in [9.17, 15) is 4.79 Å². The highest BCUT2D eigenvalue weighted by molar-refractivity contribution is 7.18. The smallest absolute Gasteiger partial charge is 0.275 e. The van der Waals surface area contributed by atoms with E-state index in [1.807, 2.05) is 32.1 Å². The molecular weight excluding hydrogens is 332 g/mol. The number of fused-ring (bicyclic) bond motifs is 1. The van der Waals surface area contributed by atoms with E-state index in [0.717, 1.165) is 31.7 Å². The van der Waals surface area contributed by atoms with Crippen molar-refractivity contribution in [2.45, 2.75) is 39.3 Å². The molecule has 1 aromatic heterocycles. The highest BCUT2D eigenvalue weighted by Crippen LogP contribution is 2.20. The fourth-order valence-corrected chi connectivity index (χ4v) is 4.48. The van der Waals surface area contributed by atoms with E-state index >= 15 is 0 Å². The quantitative estimate of drug-likeness (QED) is 0.711. The Morgan fingerprint density at radius 1 is 1.16 bits per heavy atom. The molecule has 6 heteroatoms. The Balaban J connectivity index is 1.52. The number of hydrogen-bond donors (Lipinski definition) is 3. The Kier molecular flexibility index (Phi) is 5.71. The van der Waals surface area contributed by atoms with Gasteiger partial charge in [0.1, 0.15) is 24.6 Å². The summed E-state index contributed by atoms with van der Waals surface area (Å²) in [5, 5.41) is 4.30. The van der Waals surface area contributed by atoms with Crippen molar-refractivity contribution in [3.8, 4) is 0 Å². The fourth-order valence-electron chi connectivity index (χ4n) is 3.44. The lowest BCUT2D eigenvalue weighted by Crippen LogP contribution is -3.17. The van der Waals surface area contributed by atoms with E-state index in [1.54, 1.807) is 4.90 Å². The summed E-state index contributed by atoms with van der Waals surface area (Å²) in [6.07, 6.45) is 1.17. The number of amides is 1. The minimum atomic E-state index is -0.146. The van der Waals surface area contributed by atoms with Gasteiger partial charge < -0.3 is 15.1 Å². The molecule has 1 aliphatic heterocycles. The number of rotatable bonds is 4. The van der Waals surface area contributed by atoms with Crippen LogP contribution < -0.4 is 15.1 Å². The molecule has 0 saturated carbocycles. The minimum Gasteiger partial charge on any atom is -0.347 e. The molecule has 5 nitrogen and oxygen atoms in total. The zero-order valence-electron chi connectivity index (χ0n) is 15.5. The third kappa shape index (κ3) is 5.49. The standard InChI is InChI=1S/C19H28N4OS/c1-19(2,3)21-17(24)13-22-9-6-10-23(12-11-22)14-18-20-15-7-4-5-8-16(15)25-18/h4-5,7-8H,6,9-14H2,1-3H3,(H,21,24)/p+2. The van der Waals surface area contributed by atoms with E-state index in [2.05, 4.69) is 29.6 Å². The summed E-state index contributed by atoms with van der Waals surface area (Å²) in [5.41, 5.74) is 0.967. The van der Waals surface area contributed by atoms with Crippen molar-refractivity contribution in [2.75, 3.05) is 32.7 Å². The number of benzene rings is 1. The summed E-state index contributed by atoms with van der Waals surface area (Å²) >= 11 is 1.81. The molecule has 0 spiro atoms. The number of nitrogens with zero attached hydrogens (tertiary/aromatic N) is 1. The summed E-state index contributed by atoms with van der Waals surface area (Å²) < 4.78 is 1.28. The Labute approximate surface area is 154 Å². The van der Waals surface area contributed by atoms with Crippen molar-refractivity contribution < 1.29 is 14.6 Å². The highest BCUT2D eigenvalue weighted by Gasteiger charge is 2.24. The van der Waals surface area contributed by atoms with Crippen LogP contribution in [0.2, 0.25) is 0 Å². The summed E-state index contributed by atoms with van der Waals surface area (Å²) in [5.74, 6) is 0.164. The van der Waals surface area contributed by atoms with Gasteiger partial charge in [-0.1, -0.05) is 12.1 Å². The van der Waals surface area contributed by atoms with Gasteiger partial charge in [0.2, 0.25) is 0 Å². The SMILES string of the molecule is CC(C)(C)NC(=O)C[NH+]1CCC[NH+](Cc2nc3ccccc3s2)CC1. The fraction of sp³-hybridized carbons (Fsp3) is 0.579. The van der Waals surface area contributed by atoms with E-state index in [-0.39, 0.29) is 11.4 Å². The van der Waals surface area contributed by atoms with Crippen molar-refractivity contribution >= 4 is 27.5 Å². The van der Waals surface area contributed by atoms with Gasteiger partial charge in [0.25, 0.3) is 5.91 Å². The normalized spacial score (nSPS) is 21.9. The van der Waals surface area contributed by atoms with Crippen LogP contribution in [0.4, 0.5) is 0 Å². The Bertz CT molecular complexity index is 689. The van der Waals surface area contributed by atoms with E-state index < -0.39 is 0 Å². The molecular formula is C19H30N4OS+2. The average molecular weight is 363 g/mol. The van der Waals surface area contributed by atoms with Crippen LogP contribution >= 0.6 is 11.3 Å². The molecule has 1 saturated heterocycles. The molecule has 2 heterocycles. The van der Waals surface area contributed by atoms with Crippen LogP contribution in [-0.4, -0.2) is 49.2 Å².